The molecule has 0 bridgehead atoms. The van der Waals surface area contributed by atoms with Crippen molar-refractivity contribution in [1.82, 2.24) is 29.7 Å². The van der Waals surface area contributed by atoms with Crippen LogP contribution in [0.1, 0.15) is 31.7 Å². The fourth-order valence-corrected chi connectivity index (χ4v) is 4.91. The van der Waals surface area contributed by atoms with Crippen LogP contribution in [0.5, 0.6) is 0 Å². The van der Waals surface area contributed by atoms with Gasteiger partial charge in [-0.25, -0.2) is 18.4 Å². The van der Waals surface area contributed by atoms with Crippen LogP contribution in [0.2, 0.25) is 5.02 Å². The smallest absolute Gasteiger partial charge is 0.240 e. The Morgan fingerprint density at radius 1 is 1.21 bits per heavy atom. The van der Waals surface area contributed by atoms with Crippen LogP contribution in [0, 0.1) is 0 Å². The van der Waals surface area contributed by atoms with E-state index in [1.807, 2.05) is 6.07 Å². The van der Waals surface area contributed by atoms with Crippen molar-refractivity contribution in [2.75, 3.05) is 25.5 Å². The third-order valence-corrected chi connectivity index (χ3v) is 7.48. The predicted octanol–water partition coefficient (Wildman–Crippen LogP) is 2.44. The van der Waals surface area contributed by atoms with E-state index < -0.39 is 26.9 Å². The highest BCUT2D eigenvalue weighted by Crippen LogP contribution is 2.47. The second kappa shape index (κ2) is 9.29. The van der Waals surface area contributed by atoms with Crippen molar-refractivity contribution in [1.29, 1.82) is 0 Å². The summed E-state index contributed by atoms with van der Waals surface area (Å²) in [4.78, 5) is 12.4. The van der Waals surface area contributed by atoms with E-state index in [2.05, 4.69) is 29.9 Å². The van der Waals surface area contributed by atoms with Gasteiger partial charge in [0.2, 0.25) is 16.0 Å². The molecule has 11 nitrogen and oxygen atoms in total. The lowest BCUT2D eigenvalue weighted by Gasteiger charge is -2.24. The third kappa shape index (κ3) is 4.69. The molecule has 1 aliphatic carbocycles. The highest BCUT2D eigenvalue weighted by atomic mass is 35.5. The monoisotopic (exact) mass is 493 g/mol. The van der Waals surface area contributed by atoms with Crippen molar-refractivity contribution in [2.45, 2.75) is 36.7 Å². The molecule has 1 fully saturated rings. The van der Waals surface area contributed by atoms with Crippen LogP contribution in [0.3, 0.4) is 0 Å². The van der Waals surface area contributed by atoms with Gasteiger partial charge in [-0.2, -0.15) is 0 Å². The number of rotatable bonds is 10. The molecule has 33 heavy (non-hydrogen) atoms. The average Bonchev–Trinajstić information content (AvgIpc) is 3.46. The summed E-state index contributed by atoms with van der Waals surface area (Å²) >= 11 is 5.85. The normalized spacial score (nSPS) is 16.8. The van der Waals surface area contributed by atoms with Crippen LogP contribution in [0.25, 0.3) is 11.4 Å². The highest BCUT2D eigenvalue weighted by molar-refractivity contribution is 7.93. The number of hydrogen-bond acceptors (Lipinski definition) is 9. The van der Waals surface area contributed by atoms with Crippen molar-refractivity contribution in [3.05, 3.63) is 47.8 Å². The van der Waals surface area contributed by atoms with Crippen LogP contribution in [0.4, 0.5) is 5.95 Å². The van der Waals surface area contributed by atoms with Gasteiger partial charge in [0.1, 0.15) is 11.4 Å². The van der Waals surface area contributed by atoms with Gasteiger partial charge in [-0.05, 0) is 31.9 Å². The molecule has 176 valence electrons. The molecule has 0 unspecified atom stereocenters. The van der Waals surface area contributed by atoms with E-state index in [9.17, 15) is 8.42 Å². The Labute approximate surface area is 196 Å². The molecule has 2 atom stereocenters. The maximum atomic E-state index is 13.3. The Balaban J connectivity index is 1.69. The second-order valence-corrected chi connectivity index (χ2v) is 10.3. The fraction of sp³-hybridized carbons (Fsp3) is 0.450. The molecular formula is C20H24ClN7O4S. The van der Waals surface area contributed by atoms with E-state index in [0.29, 0.717) is 17.5 Å². The van der Waals surface area contributed by atoms with Gasteiger partial charge in [-0.1, -0.05) is 11.6 Å². The molecule has 3 heterocycles. The van der Waals surface area contributed by atoms with E-state index in [-0.39, 0.29) is 11.8 Å². The Hall–Kier alpha value is -2.67. The number of halogens is 1. The SMILES string of the molecule is COCC1(n2c(NS(=O)(=O)[C@@H](C)[C@H](OC)c3ncc(Cl)cn3)nnc2-c2cccnc2)CC1. The van der Waals surface area contributed by atoms with E-state index in [0.717, 1.165) is 18.4 Å². The summed E-state index contributed by atoms with van der Waals surface area (Å²) in [6, 6.07) is 3.63. The highest BCUT2D eigenvalue weighted by Gasteiger charge is 2.48. The zero-order valence-electron chi connectivity index (χ0n) is 18.3. The van der Waals surface area contributed by atoms with Crippen molar-refractivity contribution in [3.63, 3.8) is 0 Å². The van der Waals surface area contributed by atoms with Crippen LogP contribution < -0.4 is 4.72 Å². The minimum atomic E-state index is -3.99. The Kier molecular flexibility index (Phi) is 6.61. The maximum absolute atomic E-state index is 13.3. The Morgan fingerprint density at radius 2 is 1.94 bits per heavy atom. The first-order chi connectivity index (χ1) is 15.8. The first-order valence-corrected chi connectivity index (χ1v) is 12.1. The zero-order valence-corrected chi connectivity index (χ0v) is 19.9. The van der Waals surface area contributed by atoms with Gasteiger partial charge in [-0.3, -0.25) is 14.3 Å². The van der Waals surface area contributed by atoms with E-state index >= 15 is 0 Å². The zero-order chi connectivity index (χ0) is 23.6. The molecule has 0 aromatic carbocycles. The van der Waals surface area contributed by atoms with E-state index in [1.54, 1.807) is 30.1 Å². The predicted molar refractivity (Wildman–Crippen MR) is 121 cm³/mol. The number of anilines is 1. The number of ether oxygens (including phenoxy) is 2. The first kappa shape index (κ1) is 23.5. The number of nitrogens with zero attached hydrogens (tertiary/aromatic N) is 6. The fourth-order valence-electron chi connectivity index (χ4n) is 3.69. The molecule has 0 amide bonds. The minimum absolute atomic E-state index is 0.0992. The van der Waals surface area contributed by atoms with Crippen molar-refractivity contribution in [3.8, 4) is 11.4 Å². The van der Waals surface area contributed by atoms with Gasteiger partial charge in [0.25, 0.3) is 0 Å². The summed E-state index contributed by atoms with van der Waals surface area (Å²) in [6.07, 6.45) is 6.76. The largest absolute Gasteiger partial charge is 0.382 e. The van der Waals surface area contributed by atoms with Gasteiger partial charge in [-0.15, -0.1) is 10.2 Å². The molecule has 3 aromatic rings. The molecule has 1 aliphatic rings. The molecule has 0 radical (unpaired) electrons. The van der Waals surface area contributed by atoms with Crippen LogP contribution in [0.15, 0.2) is 36.9 Å². The standard InChI is InChI=1S/C20H24ClN7O4S/c1-13(16(32-3)17-23-10-15(21)11-24-17)33(29,30)27-19-26-25-18(14-5-4-8-22-9-14)28(19)20(6-7-20)12-31-2/h4-5,8-11,13,16H,6-7,12H2,1-3H3,(H,26,27)/t13-,16-/m0/s1. The summed E-state index contributed by atoms with van der Waals surface area (Å²) in [5.41, 5.74) is 0.278. The lowest BCUT2D eigenvalue weighted by Crippen LogP contribution is -2.35. The van der Waals surface area contributed by atoms with Crippen molar-refractivity contribution < 1.29 is 17.9 Å². The van der Waals surface area contributed by atoms with Gasteiger partial charge in [0, 0.05) is 44.6 Å². The number of hydrogen-bond donors (Lipinski definition) is 1. The van der Waals surface area contributed by atoms with E-state index in [4.69, 9.17) is 21.1 Å². The van der Waals surface area contributed by atoms with Crippen molar-refractivity contribution in [2.24, 2.45) is 0 Å². The number of pyridine rings is 1. The lowest BCUT2D eigenvalue weighted by atomic mass is 10.2. The molecule has 0 aliphatic heterocycles. The maximum Gasteiger partial charge on any atom is 0.240 e. The Morgan fingerprint density at radius 3 is 2.52 bits per heavy atom. The number of nitrogens with one attached hydrogen (secondary N) is 1. The van der Waals surface area contributed by atoms with Crippen LogP contribution in [-0.2, 0) is 25.0 Å². The first-order valence-electron chi connectivity index (χ1n) is 10.2. The van der Waals surface area contributed by atoms with E-state index in [1.165, 1.54) is 26.4 Å². The molecule has 1 N–H and O–H groups in total. The molecule has 0 spiro atoms. The molecular weight excluding hydrogens is 470 g/mol. The summed E-state index contributed by atoms with van der Waals surface area (Å²) in [5, 5.41) is 7.73. The van der Waals surface area contributed by atoms with Gasteiger partial charge in [0.05, 0.1) is 17.2 Å². The molecule has 4 rings (SSSR count). The minimum Gasteiger partial charge on any atom is -0.382 e. The quantitative estimate of drug-likeness (QED) is 0.451. The lowest BCUT2D eigenvalue weighted by molar-refractivity contribution is 0.0950. The average molecular weight is 494 g/mol. The number of methoxy groups -OCH3 is 2. The third-order valence-electron chi connectivity index (χ3n) is 5.60. The molecule has 3 aromatic heterocycles. The Bertz CT molecular complexity index is 1200. The second-order valence-electron chi connectivity index (χ2n) is 7.85. The summed E-state index contributed by atoms with van der Waals surface area (Å²) in [7, 11) is -0.985. The molecule has 13 heteroatoms. The topological polar surface area (TPSA) is 134 Å². The number of sulfonamides is 1. The van der Waals surface area contributed by atoms with Crippen LogP contribution >= 0.6 is 11.6 Å². The summed E-state index contributed by atoms with van der Waals surface area (Å²) < 4.78 is 41.9. The van der Waals surface area contributed by atoms with Gasteiger partial charge in [0.15, 0.2) is 11.6 Å². The summed E-state index contributed by atoms with van der Waals surface area (Å²) in [6.45, 7) is 1.90. The molecule has 1 saturated carbocycles. The van der Waals surface area contributed by atoms with Crippen LogP contribution in [-0.4, -0.2) is 64.2 Å². The van der Waals surface area contributed by atoms with Gasteiger partial charge >= 0.3 is 0 Å². The van der Waals surface area contributed by atoms with Crippen molar-refractivity contribution >= 4 is 27.6 Å². The number of aromatic nitrogens is 6. The van der Waals surface area contributed by atoms with Gasteiger partial charge < -0.3 is 9.47 Å². The molecule has 0 saturated heterocycles. The summed E-state index contributed by atoms with van der Waals surface area (Å²) in [5.74, 6) is 0.810.